The molecule has 76 valence electrons. The van der Waals surface area contributed by atoms with Gasteiger partial charge in [-0.15, -0.1) is 0 Å². The lowest BCUT2D eigenvalue weighted by Gasteiger charge is -2.44. The molecule has 0 spiro atoms. The second kappa shape index (κ2) is 3.33. The first-order chi connectivity index (χ1) is 6.66. The minimum absolute atomic E-state index is 0.0624. The van der Waals surface area contributed by atoms with Gasteiger partial charge in [-0.05, 0) is 31.4 Å². The molecule has 1 aromatic rings. The first-order valence-electron chi connectivity index (χ1n) is 4.97. The van der Waals surface area contributed by atoms with Crippen LogP contribution in [0, 0.1) is 6.92 Å². The Labute approximate surface area is 84.0 Å². The molecule has 3 nitrogen and oxygen atoms in total. The molecule has 0 unspecified atom stereocenters. The predicted octanol–water partition coefficient (Wildman–Crippen LogP) is 0.741. The van der Waals surface area contributed by atoms with Crippen LogP contribution in [-0.4, -0.2) is 22.7 Å². The number of nitrogens with zero attached hydrogens (tertiary/aromatic N) is 1. The summed E-state index contributed by atoms with van der Waals surface area (Å²) in [6.07, 6.45) is 3.16. The number of aryl methyl sites for hydroxylation is 1. The van der Waals surface area contributed by atoms with E-state index in [0.29, 0.717) is 6.54 Å². The Morgan fingerprint density at radius 2 is 2.29 bits per heavy atom. The highest BCUT2D eigenvalue weighted by Gasteiger charge is 2.44. The van der Waals surface area contributed by atoms with Crippen molar-refractivity contribution in [1.82, 2.24) is 4.98 Å². The van der Waals surface area contributed by atoms with Crippen LogP contribution in [0.2, 0.25) is 0 Å². The maximum Gasteiger partial charge on any atom is 0.0559 e. The fourth-order valence-corrected chi connectivity index (χ4v) is 2.10. The fourth-order valence-electron chi connectivity index (χ4n) is 2.10. The van der Waals surface area contributed by atoms with Crippen molar-refractivity contribution < 1.29 is 5.11 Å². The molecule has 0 atom stereocenters. The lowest BCUT2D eigenvalue weighted by molar-refractivity contribution is 0.0201. The van der Waals surface area contributed by atoms with Crippen LogP contribution in [-0.2, 0) is 5.41 Å². The fraction of sp³-hybridized carbons (Fsp3) is 0.545. The van der Waals surface area contributed by atoms with Crippen LogP contribution < -0.4 is 5.73 Å². The van der Waals surface area contributed by atoms with Crippen molar-refractivity contribution >= 4 is 0 Å². The SMILES string of the molecule is Cc1ccc(C2(CN)CC(O)C2)nc1. The molecular weight excluding hydrogens is 176 g/mol. The molecule has 1 fully saturated rings. The molecule has 1 aliphatic carbocycles. The van der Waals surface area contributed by atoms with Gasteiger partial charge in [0.1, 0.15) is 0 Å². The first-order valence-corrected chi connectivity index (χ1v) is 4.97. The van der Waals surface area contributed by atoms with Crippen LogP contribution >= 0.6 is 0 Å². The third kappa shape index (κ3) is 1.42. The number of rotatable bonds is 2. The van der Waals surface area contributed by atoms with Crippen molar-refractivity contribution in [3.63, 3.8) is 0 Å². The molecule has 0 radical (unpaired) electrons. The van der Waals surface area contributed by atoms with Crippen LogP contribution in [0.25, 0.3) is 0 Å². The van der Waals surface area contributed by atoms with E-state index in [1.54, 1.807) is 0 Å². The van der Waals surface area contributed by atoms with Gasteiger partial charge in [0.2, 0.25) is 0 Å². The smallest absolute Gasteiger partial charge is 0.0559 e. The Bertz CT molecular complexity index is 315. The number of hydrogen-bond acceptors (Lipinski definition) is 3. The maximum absolute atomic E-state index is 9.35. The third-order valence-corrected chi connectivity index (χ3v) is 3.10. The van der Waals surface area contributed by atoms with Gasteiger partial charge < -0.3 is 10.8 Å². The molecule has 1 saturated carbocycles. The zero-order valence-corrected chi connectivity index (χ0v) is 8.40. The standard InChI is InChI=1S/C11H16N2O/c1-8-2-3-10(13-6-8)11(7-12)4-9(14)5-11/h2-3,6,9,14H,4-5,7,12H2,1H3. The van der Waals surface area contributed by atoms with Gasteiger partial charge in [0.25, 0.3) is 0 Å². The Balaban J connectivity index is 2.25. The molecule has 1 aliphatic rings. The van der Waals surface area contributed by atoms with Crippen LogP contribution in [0.5, 0.6) is 0 Å². The number of hydrogen-bond donors (Lipinski definition) is 2. The summed E-state index contributed by atoms with van der Waals surface area (Å²) in [5.41, 5.74) is 7.87. The topological polar surface area (TPSA) is 59.1 Å². The molecule has 0 aliphatic heterocycles. The Hall–Kier alpha value is -0.930. The molecule has 0 amide bonds. The summed E-state index contributed by atoms with van der Waals surface area (Å²) in [7, 11) is 0. The van der Waals surface area contributed by atoms with E-state index in [9.17, 15) is 5.11 Å². The molecular formula is C11H16N2O. The Morgan fingerprint density at radius 1 is 1.57 bits per heavy atom. The van der Waals surface area contributed by atoms with Gasteiger partial charge in [0.05, 0.1) is 6.10 Å². The van der Waals surface area contributed by atoms with Gasteiger partial charge in [0, 0.05) is 23.9 Å². The van der Waals surface area contributed by atoms with Gasteiger partial charge >= 0.3 is 0 Å². The number of nitrogens with two attached hydrogens (primary N) is 1. The van der Waals surface area contributed by atoms with Gasteiger partial charge in [-0.25, -0.2) is 0 Å². The number of aromatic nitrogens is 1. The van der Waals surface area contributed by atoms with E-state index >= 15 is 0 Å². The van der Waals surface area contributed by atoms with E-state index in [2.05, 4.69) is 4.98 Å². The predicted molar refractivity (Wildman–Crippen MR) is 54.9 cm³/mol. The van der Waals surface area contributed by atoms with Crippen LogP contribution in [0.4, 0.5) is 0 Å². The number of pyridine rings is 1. The molecule has 3 N–H and O–H groups in total. The van der Waals surface area contributed by atoms with Gasteiger partial charge in [-0.3, -0.25) is 4.98 Å². The van der Waals surface area contributed by atoms with E-state index in [1.165, 1.54) is 0 Å². The minimum Gasteiger partial charge on any atom is -0.393 e. The second-order valence-corrected chi connectivity index (χ2v) is 4.27. The average molecular weight is 192 g/mol. The number of aliphatic hydroxyl groups excluding tert-OH is 1. The summed E-state index contributed by atoms with van der Waals surface area (Å²) >= 11 is 0. The highest BCUT2D eigenvalue weighted by Crippen LogP contribution is 2.41. The van der Waals surface area contributed by atoms with Gasteiger partial charge in [-0.1, -0.05) is 6.07 Å². The van der Waals surface area contributed by atoms with E-state index in [-0.39, 0.29) is 11.5 Å². The van der Waals surface area contributed by atoms with E-state index in [4.69, 9.17) is 5.73 Å². The Morgan fingerprint density at radius 3 is 2.71 bits per heavy atom. The van der Waals surface area contributed by atoms with Crippen molar-refractivity contribution in [2.24, 2.45) is 5.73 Å². The molecule has 14 heavy (non-hydrogen) atoms. The summed E-state index contributed by atoms with van der Waals surface area (Å²) in [6.45, 7) is 2.58. The van der Waals surface area contributed by atoms with Crippen molar-refractivity contribution in [2.45, 2.75) is 31.3 Å². The number of aliphatic hydroxyl groups is 1. The largest absolute Gasteiger partial charge is 0.393 e. The molecule has 0 saturated heterocycles. The second-order valence-electron chi connectivity index (χ2n) is 4.27. The molecule has 0 aromatic carbocycles. The summed E-state index contributed by atoms with van der Waals surface area (Å²) in [5.74, 6) is 0. The monoisotopic (exact) mass is 192 g/mol. The molecule has 0 bridgehead atoms. The normalized spacial score (nSPS) is 31.2. The van der Waals surface area contributed by atoms with E-state index in [0.717, 1.165) is 24.1 Å². The highest BCUT2D eigenvalue weighted by molar-refractivity contribution is 5.25. The van der Waals surface area contributed by atoms with Crippen molar-refractivity contribution in [3.8, 4) is 0 Å². The van der Waals surface area contributed by atoms with E-state index in [1.807, 2.05) is 25.3 Å². The molecule has 2 rings (SSSR count). The van der Waals surface area contributed by atoms with Crippen LogP contribution in [0.3, 0.4) is 0 Å². The average Bonchev–Trinajstić information content (AvgIpc) is 2.14. The van der Waals surface area contributed by atoms with Gasteiger partial charge in [0.15, 0.2) is 0 Å². The van der Waals surface area contributed by atoms with E-state index < -0.39 is 0 Å². The summed E-state index contributed by atoms with van der Waals surface area (Å²) in [5, 5.41) is 9.35. The van der Waals surface area contributed by atoms with Crippen molar-refractivity contribution in [3.05, 3.63) is 29.6 Å². The van der Waals surface area contributed by atoms with Crippen LogP contribution in [0.15, 0.2) is 18.3 Å². The zero-order valence-electron chi connectivity index (χ0n) is 8.40. The van der Waals surface area contributed by atoms with Gasteiger partial charge in [-0.2, -0.15) is 0 Å². The summed E-state index contributed by atoms with van der Waals surface area (Å²) in [4.78, 5) is 4.39. The van der Waals surface area contributed by atoms with Crippen molar-refractivity contribution in [1.29, 1.82) is 0 Å². The highest BCUT2D eigenvalue weighted by atomic mass is 16.3. The van der Waals surface area contributed by atoms with Crippen molar-refractivity contribution in [2.75, 3.05) is 6.54 Å². The lowest BCUT2D eigenvalue weighted by atomic mass is 9.64. The molecule has 1 heterocycles. The lowest BCUT2D eigenvalue weighted by Crippen LogP contribution is -2.50. The molecule has 3 heteroatoms. The first kappa shape index (κ1) is 9.62. The van der Waals surface area contributed by atoms with Crippen LogP contribution in [0.1, 0.15) is 24.1 Å². The quantitative estimate of drug-likeness (QED) is 0.726. The maximum atomic E-state index is 9.35. The summed E-state index contributed by atoms with van der Waals surface area (Å²) in [6, 6.07) is 4.07. The Kier molecular flexibility index (Phi) is 2.29. The zero-order chi connectivity index (χ0) is 10.2. The molecule has 1 aromatic heterocycles. The summed E-state index contributed by atoms with van der Waals surface area (Å²) < 4.78 is 0. The minimum atomic E-state index is -0.193. The third-order valence-electron chi connectivity index (χ3n) is 3.10.